The molecule has 140 valence electrons. The van der Waals surface area contributed by atoms with Gasteiger partial charge in [0.15, 0.2) is 0 Å². The molecule has 0 aromatic heterocycles. The van der Waals surface area contributed by atoms with Gasteiger partial charge in [-0.1, -0.05) is 38.5 Å². The van der Waals surface area contributed by atoms with E-state index in [0.717, 1.165) is 35.5 Å². The van der Waals surface area contributed by atoms with Crippen LogP contribution in [0.25, 0.3) is 0 Å². The molecule has 4 rings (SSSR count). The second-order valence-electron chi connectivity index (χ2n) is 8.40. The molecule has 6 atom stereocenters. The van der Waals surface area contributed by atoms with E-state index < -0.39 is 20.8 Å². The summed E-state index contributed by atoms with van der Waals surface area (Å²) in [5, 5.41) is 0. The van der Waals surface area contributed by atoms with Crippen molar-refractivity contribution in [2.75, 3.05) is 0 Å². The van der Waals surface area contributed by atoms with Crippen molar-refractivity contribution in [2.45, 2.75) is 83.5 Å². The zero-order chi connectivity index (χ0) is 15.4. The molecule has 4 fully saturated rings. The van der Waals surface area contributed by atoms with Crippen molar-refractivity contribution >= 4 is 17.0 Å². The minimum atomic E-state index is -0.826. The van der Waals surface area contributed by atoms with Crippen LogP contribution in [0.4, 0.5) is 0 Å². The molecule has 0 bridgehead atoms. The quantitative estimate of drug-likeness (QED) is 0.371. The van der Waals surface area contributed by atoms with Gasteiger partial charge in [-0.15, -0.1) is 0 Å². The van der Waals surface area contributed by atoms with Crippen LogP contribution in [0.3, 0.4) is 0 Å². The molecule has 0 amide bonds. The Hall–Kier alpha value is 1.46. The summed E-state index contributed by atoms with van der Waals surface area (Å²) in [4.78, 5) is 0. The Morgan fingerprint density at radius 3 is 1.38 bits per heavy atom. The summed E-state index contributed by atoms with van der Waals surface area (Å²) in [6.07, 6.45) is 20.6. The zero-order valence-corrected chi connectivity index (χ0v) is 19.9. The molecule has 0 aliphatic heterocycles. The van der Waals surface area contributed by atoms with E-state index in [1.54, 1.807) is 83.5 Å². The van der Waals surface area contributed by atoms with Crippen LogP contribution in [0.1, 0.15) is 83.5 Å². The van der Waals surface area contributed by atoms with Crippen LogP contribution >= 0.6 is 17.0 Å². The summed E-state index contributed by atoms with van der Waals surface area (Å²) in [7, 11) is 9.87. The van der Waals surface area contributed by atoms with Crippen molar-refractivity contribution in [1.82, 2.24) is 0 Å². The average Bonchev–Trinajstić information content (AvgIpc) is 3.14. The first-order chi connectivity index (χ1) is 10.8. The molecular formula is C21H38Cl2Zr. The summed E-state index contributed by atoms with van der Waals surface area (Å²) in [5.41, 5.74) is 0. The van der Waals surface area contributed by atoms with Crippen LogP contribution < -0.4 is 0 Å². The van der Waals surface area contributed by atoms with Gasteiger partial charge in [-0.05, 0) is 80.5 Å². The van der Waals surface area contributed by atoms with E-state index >= 15 is 0 Å². The van der Waals surface area contributed by atoms with Gasteiger partial charge < -0.3 is 14.9 Å². The molecular weight excluding hydrogens is 414 g/mol. The fraction of sp³-hybridized carbons (Fsp3) is 0.905. The van der Waals surface area contributed by atoms with Crippen LogP contribution in [0.15, 0.2) is 0 Å². The second kappa shape index (κ2) is 12.0. The summed E-state index contributed by atoms with van der Waals surface area (Å²) in [6.45, 7) is 0. The number of hydrogen-bond acceptors (Lipinski definition) is 0. The van der Waals surface area contributed by atoms with Gasteiger partial charge in [0.2, 0.25) is 0 Å². The van der Waals surface area contributed by atoms with Crippen molar-refractivity contribution in [3.63, 3.8) is 0 Å². The molecule has 4 saturated carbocycles. The third-order valence-electron chi connectivity index (χ3n) is 7.57. The van der Waals surface area contributed by atoms with Crippen LogP contribution in [-0.2, 0) is 20.8 Å². The Bertz CT molecular complexity index is 306. The van der Waals surface area contributed by atoms with Gasteiger partial charge in [-0.2, -0.15) is 0 Å². The molecule has 0 radical (unpaired) electrons. The van der Waals surface area contributed by atoms with Gasteiger partial charge >= 0.3 is 37.9 Å². The van der Waals surface area contributed by atoms with E-state index in [9.17, 15) is 0 Å². The van der Waals surface area contributed by atoms with Gasteiger partial charge in [0, 0.05) is 0 Å². The van der Waals surface area contributed by atoms with E-state index in [0.29, 0.717) is 0 Å². The molecule has 0 spiro atoms. The molecule has 6 unspecified atom stereocenters. The van der Waals surface area contributed by atoms with Crippen molar-refractivity contribution in [2.24, 2.45) is 35.5 Å². The summed E-state index contributed by atoms with van der Waals surface area (Å²) in [5.74, 6) is 6.93. The number of rotatable bonds is 2. The zero-order valence-electron chi connectivity index (χ0n) is 15.9. The molecule has 4 aliphatic carbocycles. The standard InChI is InChI=1S/C19H32.2CH3.2ClH.Zr/c1-3-7-18-14(5-1)9-11-16(18)13-17-12-10-15-6-2-4-8-19(15)17;;;;;/h14-19H,1-13H2;2*1H3;2*1H;/q;2*-1;;;+4/p-2. The van der Waals surface area contributed by atoms with Crippen molar-refractivity contribution in [1.29, 1.82) is 0 Å². The van der Waals surface area contributed by atoms with Crippen molar-refractivity contribution < 1.29 is 20.8 Å². The molecule has 0 aromatic rings. The van der Waals surface area contributed by atoms with Gasteiger partial charge in [-0.25, -0.2) is 0 Å². The maximum absolute atomic E-state index is 4.93. The Morgan fingerprint density at radius 2 is 0.958 bits per heavy atom. The Labute approximate surface area is 170 Å². The monoisotopic (exact) mass is 450 g/mol. The van der Waals surface area contributed by atoms with E-state index in [2.05, 4.69) is 0 Å². The van der Waals surface area contributed by atoms with Gasteiger partial charge in [-0.3, -0.25) is 0 Å². The first kappa shape index (κ1) is 23.5. The fourth-order valence-corrected chi connectivity index (χ4v) is 6.69. The molecule has 0 nitrogen and oxygen atoms in total. The van der Waals surface area contributed by atoms with E-state index in [-0.39, 0.29) is 14.9 Å². The van der Waals surface area contributed by atoms with Gasteiger partial charge in [0.25, 0.3) is 0 Å². The molecule has 0 N–H and O–H groups in total. The van der Waals surface area contributed by atoms with Crippen molar-refractivity contribution in [3.8, 4) is 0 Å². The number of halogens is 2. The SMILES string of the molecule is C1CCC2C(C1)CCC2CC1CCC2CCCCC21.[CH3-].[CH3-].[Cl][Zr+2][Cl]. The number of hydrogen-bond donors (Lipinski definition) is 0. The molecule has 0 aromatic carbocycles. The Balaban J connectivity index is 0.000000539. The Morgan fingerprint density at radius 1 is 0.583 bits per heavy atom. The summed E-state index contributed by atoms with van der Waals surface area (Å²) >= 11 is -0.826. The fourth-order valence-electron chi connectivity index (χ4n) is 6.69. The molecule has 0 heterocycles. The predicted octanol–water partition coefficient (Wildman–Crippen LogP) is 8.09. The van der Waals surface area contributed by atoms with Crippen LogP contribution in [0.2, 0.25) is 0 Å². The first-order valence-corrected chi connectivity index (χ1v) is 16.1. The predicted molar refractivity (Wildman–Crippen MR) is 105 cm³/mol. The third-order valence-corrected chi connectivity index (χ3v) is 7.57. The first-order valence-electron chi connectivity index (χ1n) is 9.79. The van der Waals surface area contributed by atoms with Crippen LogP contribution in [0.5, 0.6) is 0 Å². The maximum atomic E-state index is 4.93. The van der Waals surface area contributed by atoms with E-state index in [4.69, 9.17) is 17.0 Å². The normalized spacial score (nSPS) is 39.9. The Kier molecular flexibility index (Phi) is 11.8. The van der Waals surface area contributed by atoms with E-state index in [1.165, 1.54) is 0 Å². The van der Waals surface area contributed by atoms with Crippen LogP contribution in [0, 0.1) is 50.4 Å². The number of fused-ring (bicyclic) bond motifs is 2. The van der Waals surface area contributed by atoms with Crippen LogP contribution in [-0.4, -0.2) is 0 Å². The summed E-state index contributed by atoms with van der Waals surface area (Å²) in [6, 6.07) is 0. The van der Waals surface area contributed by atoms with E-state index in [1.807, 2.05) is 0 Å². The van der Waals surface area contributed by atoms with Gasteiger partial charge in [0.05, 0.1) is 0 Å². The summed E-state index contributed by atoms with van der Waals surface area (Å²) < 4.78 is 0. The minimum absolute atomic E-state index is 0. The average molecular weight is 453 g/mol. The molecule has 24 heavy (non-hydrogen) atoms. The van der Waals surface area contributed by atoms with Gasteiger partial charge in [0.1, 0.15) is 0 Å². The second-order valence-corrected chi connectivity index (χ2v) is 12.1. The topological polar surface area (TPSA) is 0 Å². The third kappa shape index (κ3) is 5.73. The molecule has 3 heteroatoms. The molecule has 4 aliphatic rings. The molecule has 0 saturated heterocycles. The van der Waals surface area contributed by atoms with Crippen molar-refractivity contribution in [3.05, 3.63) is 14.9 Å².